The van der Waals surface area contributed by atoms with Crippen molar-refractivity contribution in [2.24, 2.45) is 0 Å². The zero-order valence-electron chi connectivity index (χ0n) is 8.97. The number of carboxylic acid groups (broad SMARTS) is 1. The fraction of sp³-hybridized carbons (Fsp3) is 0.364. The average Bonchev–Trinajstić information content (AvgIpc) is 2.16. The van der Waals surface area contributed by atoms with E-state index in [2.05, 4.69) is 0 Å². The highest BCUT2D eigenvalue weighted by atomic mass is 16.6. The van der Waals surface area contributed by atoms with Crippen molar-refractivity contribution in [3.05, 3.63) is 39.4 Å². The summed E-state index contributed by atoms with van der Waals surface area (Å²) >= 11 is 0. The van der Waals surface area contributed by atoms with Crippen molar-refractivity contribution in [3.63, 3.8) is 0 Å². The van der Waals surface area contributed by atoms with Crippen LogP contribution in [0.5, 0.6) is 0 Å². The van der Waals surface area contributed by atoms with Gasteiger partial charge in [0, 0.05) is 17.5 Å². The third-order valence-corrected chi connectivity index (χ3v) is 2.34. The summed E-state index contributed by atoms with van der Waals surface area (Å²) in [7, 11) is 0. The number of nitrogens with zero attached hydrogens (tertiary/aromatic N) is 1. The molecule has 5 heteroatoms. The lowest BCUT2D eigenvalue weighted by molar-refractivity contribution is -0.386. The number of carbonyl (C=O) groups is 1. The third kappa shape index (κ3) is 3.05. The molecule has 0 aliphatic carbocycles. The zero-order chi connectivity index (χ0) is 12.1. The van der Waals surface area contributed by atoms with E-state index in [0.29, 0.717) is 24.0 Å². The Labute approximate surface area is 92.9 Å². The molecule has 86 valence electrons. The first-order valence-electron chi connectivity index (χ1n) is 4.97. The van der Waals surface area contributed by atoms with Crippen LogP contribution in [0, 0.1) is 17.0 Å². The van der Waals surface area contributed by atoms with E-state index >= 15 is 0 Å². The molecule has 0 fully saturated rings. The topological polar surface area (TPSA) is 80.4 Å². The molecule has 0 saturated carbocycles. The summed E-state index contributed by atoms with van der Waals surface area (Å²) in [5.74, 6) is -0.879. The van der Waals surface area contributed by atoms with Crippen LogP contribution in [0.15, 0.2) is 18.2 Å². The van der Waals surface area contributed by atoms with E-state index in [0.717, 1.165) is 0 Å². The number of nitro groups is 1. The molecule has 0 radical (unpaired) electrons. The molecule has 0 atom stereocenters. The van der Waals surface area contributed by atoms with Crippen LogP contribution in [0.25, 0.3) is 0 Å². The third-order valence-electron chi connectivity index (χ3n) is 2.34. The highest BCUT2D eigenvalue weighted by Gasteiger charge is 2.16. The average molecular weight is 223 g/mol. The van der Waals surface area contributed by atoms with Gasteiger partial charge in [0.05, 0.1) is 4.92 Å². The summed E-state index contributed by atoms with van der Waals surface area (Å²) in [4.78, 5) is 20.8. The lowest BCUT2D eigenvalue weighted by atomic mass is 10.0. The van der Waals surface area contributed by atoms with Gasteiger partial charge in [0.25, 0.3) is 5.69 Å². The van der Waals surface area contributed by atoms with Crippen LogP contribution in [-0.4, -0.2) is 16.0 Å². The molecule has 0 unspecified atom stereocenters. The Balaban J connectivity index is 2.83. The Morgan fingerprint density at radius 2 is 2.19 bits per heavy atom. The summed E-state index contributed by atoms with van der Waals surface area (Å²) in [5.41, 5.74) is 1.32. The Morgan fingerprint density at radius 1 is 1.50 bits per heavy atom. The van der Waals surface area contributed by atoms with Crippen molar-refractivity contribution >= 4 is 11.7 Å². The van der Waals surface area contributed by atoms with Gasteiger partial charge in [-0.1, -0.05) is 18.2 Å². The van der Waals surface area contributed by atoms with Gasteiger partial charge >= 0.3 is 5.97 Å². The number of aliphatic carboxylic acids is 1. The van der Waals surface area contributed by atoms with Crippen molar-refractivity contribution < 1.29 is 14.8 Å². The molecule has 0 spiro atoms. The smallest absolute Gasteiger partial charge is 0.303 e. The Morgan fingerprint density at radius 3 is 2.75 bits per heavy atom. The van der Waals surface area contributed by atoms with Crippen molar-refractivity contribution in [1.29, 1.82) is 0 Å². The fourth-order valence-electron chi connectivity index (χ4n) is 1.61. The van der Waals surface area contributed by atoms with Crippen LogP contribution in [0.3, 0.4) is 0 Å². The van der Waals surface area contributed by atoms with Crippen LogP contribution in [0.2, 0.25) is 0 Å². The quantitative estimate of drug-likeness (QED) is 0.613. The van der Waals surface area contributed by atoms with E-state index in [1.165, 1.54) is 0 Å². The minimum Gasteiger partial charge on any atom is -0.481 e. The molecule has 1 aromatic rings. The van der Waals surface area contributed by atoms with Gasteiger partial charge in [0.15, 0.2) is 0 Å². The number of carboxylic acids is 1. The minimum atomic E-state index is -0.879. The van der Waals surface area contributed by atoms with Crippen molar-refractivity contribution in [1.82, 2.24) is 0 Å². The van der Waals surface area contributed by atoms with Crippen LogP contribution in [-0.2, 0) is 11.2 Å². The molecule has 0 saturated heterocycles. The molecular formula is C11H13NO4. The second-order valence-electron chi connectivity index (χ2n) is 3.59. The standard InChI is InChI=1S/C11H13NO4/c1-8-4-2-5-9(11(8)12(15)16)6-3-7-10(13)14/h2,4-5H,3,6-7H2,1H3,(H,13,14). The summed E-state index contributed by atoms with van der Waals surface area (Å²) < 4.78 is 0. The highest BCUT2D eigenvalue weighted by Crippen LogP contribution is 2.24. The largest absolute Gasteiger partial charge is 0.481 e. The van der Waals surface area contributed by atoms with Crippen LogP contribution < -0.4 is 0 Å². The van der Waals surface area contributed by atoms with E-state index in [4.69, 9.17) is 5.11 Å². The van der Waals surface area contributed by atoms with Crippen molar-refractivity contribution in [2.45, 2.75) is 26.2 Å². The number of benzene rings is 1. The van der Waals surface area contributed by atoms with Gasteiger partial charge in [-0.3, -0.25) is 14.9 Å². The number of hydrogen-bond donors (Lipinski definition) is 1. The number of hydrogen-bond acceptors (Lipinski definition) is 3. The van der Waals surface area contributed by atoms with Crippen molar-refractivity contribution in [2.75, 3.05) is 0 Å². The molecule has 0 heterocycles. The lowest BCUT2D eigenvalue weighted by Gasteiger charge is -2.04. The van der Waals surface area contributed by atoms with Gasteiger partial charge in [-0.2, -0.15) is 0 Å². The summed E-state index contributed by atoms with van der Waals surface area (Å²) in [6, 6.07) is 5.10. The maximum absolute atomic E-state index is 10.8. The maximum atomic E-state index is 10.8. The van der Waals surface area contributed by atoms with E-state index in [1.807, 2.05) is 0 Å². The van der Waals surface area contributed by atoms with Gasteiger partial charge in [0.1, 0.15) is 0 Å². The van der Waals surface area contributed by atoms with Crippen LogP contribution >= 0.6 is 0 Å². The molecule has 16 heavy (non-hydrogen) atoms. The first-order valence-corrected chi connectivity index (χ1v) is 4.97. The van der Waals surface area contributed by atoms with Crippen LogP contribution in [0.1, 0.15) is 24.0 Å². The molecule has 1 rings (SSSR count). The van der Waals surface area contributed by atoms with E-state index in [-0.39, 0.29) is 12.1 Å². The Bertz CT molecular complexity index is 414. The molecule has 0 amide bonds. The molecule has 0 aliphatic heterocycles. The second kappa shape index (κ2) is 5.25. The number of para-hydroxylation sites is 1. The van der Waals surface area contributed by atoms with E-state index in [1.54, 1.807) is 25.1 Å². The molecule has 0 aliphatic rings. The van der Waals surface area contributed by atoms with Crippen molar-refractivity contribution in [3.8, 4) is 0 Å². The molecule has 0 bridgehead atoms. The molecule has 1 N–H and O–H groups in total. The van der Waals surface area contributed by atoms with Gasteiger partial charge < -0.3 is 5.11 Å². The van der Waals surface area contributed by atoms with Gasteiger partial charge in [0.2, 0.25) is 0 Å². The van der Waals surface area contributed by atoms with Crippen LogP contribution in [0.4, 0.5) is 5.69 Å². The second-order valence-corrected chi connectivity index (χ2v) is 3.59. The molecule has 5 nitrogen and oxygen atoms in total. The number of aryl methyl sites for hydroxylation is 2. The van der Waals surface area contributed by atoms with Gasteiger partial charge in [-0.05, 0) is 19.8 Å². The molecule has 0 aromatic heterocycles. The summed E-state index contributed by atoms with van der Waals surface area (Å²) in [5, 5.41) is 19.3. The number of rotatable bonds is 5. The monoisotopic (exact) mass is 223 g/mol. The first kappa shape index (κ1) is 12.2. The predicted octanol–water partition coefficient (Wildman–Crippen LogP) is 2.31. The highest BCUT2D eigenvalue weighted by molar-refractivity contribution is 5.66. The molecular weight excluding hydrogens is 210 g/mol. The number of nitro benzene ring substituents is 1. The summed E-state index contributed by atoms with van der Waals surface area (Å²) in [6.45, 7) is 1.68. The van der Waals surface area contributed by atoms with E-state index < -0.39 is 10.9 Å². The zero-order valence-corrected chi connectivity index (χ0v) is 8.97. The summed E-state index contributed by atoms with van der Waals surface area (Å²) in [6.07, 6.45) is 0.870. The predicted molar refractivity (Wildman–Crippen MR) is 58.4 cm³/mol. The first-order chi connectivity index (χ1) is 7.52. The Kier molecular flexibility index (Phi) is 3.99. The SMILES string of the molecule is Cc1cccc(CCCC(=O)O)c1[N+](=O)[O-]. The molecule has 1 aromatic carbocycles. The van der Waals surface area contributed by atoms with Gasteiger partial charge in [-0.15, -0.1) is 0 Å². The normalized spacial score (nSPS) is 10.1. The fourth-order valence-corrected chi connectivity index (χ4v) is 1.61. The lowest BCUT2D eigenvalue weighted by Crippen LogP contribution is -2.00. The van der Waals surface area contributed by atoms with E-state index in [9.17, 15) is 14.9 Å². The Hall–Kier alpha value is -1.91. The maximum Gasteiger partial charge on any atom is 0.303 e. The minimum absolute atomic E-state index is 0.0328. The van der Waals surface area contributed by atoms with Gasteiger partial charge in [-0.25, -0.2) is 0 Å².